The zero-order chi connectivity index (χ0) is 23.4. The third-order valence-corrected chi connectivity index (χ3v) is 11.6. The Labute approximate surface area is 194 Å². The molecular weight excluding hydrogens is 445 g/mol. The number of nitrogens with two attached hydrogens (primary N) is 1. The Kier molecular flexibility index (Phi) is 5.72. The summed E-state index contributed by atoms with van der Waals surface area (Å²) in [7, 11) is -2.04. The van der Waals surface area contributed by atoms with Crippen LogP contribution in [0.3, 0.4) is 0 Å². The average molecular weight is 474 g/mol. The number of fused-ring (bicyclic) bond motifs is 2. The van der Waals surface area contributed by atoms with Gasteiger partial charge in [0.15, 0.2) is 8.32 Å². The van der Waals surface area contributed by atoms with Gasteiger partial charge in [0.1, 0.15) is 11.6 Å². The molecule has 8 heteroatoms. The van der Waals surface area contributed by atoms with Gasteiger partial charge in [-0.3, -0.25) is 0 Å². The SMILES string of the molecule is Cc1c(-c2cc3cc(N)ncc3c(Cl)c2F)cnc2c1C(O[Si](C)(C)C(C)(C)C)CCO2. The maximum Gasteiger partial charge on any atom is 0.219 e. The number of benzene rings is 1. The molecule has 3 aromatic rings. The van der Waals surface area contributed by atoms with E-state index >= 15 is 4.39 Å². The van der Waals surface area contributed by atoms with E-state index in [0.717, 1.165) is 22.9 Å². The third-order valence-electron chi connectivity index (χ3n) is 6.75. The van der Waals surface area contributed by atoms with Crippen LogP contribution in [0.5, 0.6) is 5.88 Å². The Morgan fingerprint density at radius 3 is 2.59 bits per heavy atom. The third kappa shape index (κ3) is 3.87. The fraction of sp³-hybridized carbons (Fsp3) is 0.417. The van der Waals surface area contributed by atoms with Crippen molar-refractivity contribution in [2.45, 2.75) is 58.4 Å². The van der Waals surface area contributed by atoms with Gasteiger partial charge in [-0.05, 0) is 48.1 Å². The van der Waals surface area contributed by atoms with E-state index in [1.165, 1.54) is 6.20 Å². The summed E-state index contributed by atoms with van der Waals surface area (Å²) in [6.07, 6.45) is 3.73. The molecule has 5 nitrogen and oxygen atoms in total. The van der Waals surface area contributed by atoms with E-state index < -0.39 is 14.1 Å². The van der Waals surface area contributed by atoms with Crippen molar-refractivity contribution in [1.29, 1.82) is 0 Å². The topological polar surface area (TPSA) is 70.3 Å². The molecule has 0 amide bonds. The van der Waals surface area contributed by atoms with Crippen molar-refractivity contribution >= 4 is 36.5 Å². The molecule has 1 aromatic carbocycles. The minimum absolute atomic E-state index is 0.0208. The molecule has 170 valence electrons. The van der Waals surface area contributed by atoms with E-state index in [9.17, 15) is 0 Å². The van der Waals surface area contributed by atoms with Gasteiger partial charge < -0.3 is 14.9 Å². The lowest BCUT2D eigenvalue weighted by atomic mass is 9.93. The quantitative estimate of drug-likeness (QED) is 0.422. The Hall–Kier alpha value is -2.22. The van der Waals surface area contributed by atoms with Crippen LogP contribution in [0.1, 0.15) is 44.4 Å². The van der Waals surface area contributed by atoms with E-state index in [-0.39, 0.29) is 16.2 Å². The summed E-state index contributed by atoms with van der Waals surface area (Å²) in [6.45, 7) is 13.6. The zero-order valence-electron chi connectivity index (χ0n) is 19.3. The highest BCUT2D eigenvalue weighted by atomic mass is 35.5. The first-order valence-electron chi connectivity index (χ1n) is 10.7. The molecule has 0 bridgehead atoms. The number of anilines is 1. The average Bonchev–Trinajstić information content (AvgIpc) is 2.70. The fourth-order valence-corrected chi connectivity index (χ4v) is 5.42. The largest absolute Gasteiger partial charge is 0.477 e. The van der Waals surface area contributed by atoms with Crippen molar-refractivity contribution in [3.8, 4) is 17.0 Å². The predicted molar refractivity (Wildman–Crippen MR) is 130 cm³/mol. The van der Waals surface area contributed by atoms with Crippen LogP contribution in [0, 0.1) is 12.7 Å². The lowest BCUT2D eigenvalue weighted by Crippen LogP contribution is -2.42. The first-order valence-corrected chi connectivity index (χ1v) is 14.0. The summed E-state index contributed by atoms with van der Waals surface area (Å²) < 4.78 is 28.0. The van der Waals surface area contributed by atoms with Gasteiger partial charge in [0.2, 0.25) is 5.88 Å². The van der Waals surface area contributed by atoms with Gasteiger partial charge in [-0.15, -0.1) is 0 Å². The number of aromatic nitrogens is 2. The normalized spacial score (nSPS) is 16.7. The van der Waals surface area contributed by atoms with Crippen LogP contribution in [-0.2, 0) is 4.43 Å². The predicted octanol–water partition coefficient (Wildman–Crippen LogP) is 6.83. The van der Waals surface area contributed by atoms with Crippen LogP contribution in [0.2, 0.25) is 23.2 Å². The van der Waals surface area contributed by atoms with Crippen molar-refractivity contribution in [2.24, 2.45) is 0 Å². The van der Waals surface area contributed by atoms with Gasteiger partial charge in [-0.2, -0.15) is 0 Å². The summed E-state index contributed by atoms with van der Waals surface area (Å²) in [6, 6.07) is 3.44. The summed E-state index contributed by atoms with van der Waals surface area (Å²) in [5, 5.41) is 1.33. The van der Waals surface area contributed by atoms with Gasteiger partial charge >= 0.3 is 0 Å². The van der Waals surface area contributed by atoms with Gasteiger partial charge in [-0.1, -0.05) is 32.4 Å². The first-order chi connectivity index (χ1) is 14.9. The molecule has 0 fully saturated rings. The van der Waals surface area contributed by atoms with Gasteiger partial charge in [0, 0.05) is 40.9 Å². The van der Waals surface area contributed by atoms with Crippen LogP contribution in [-0.4, -0.2) is 24.9 Å². The lowest BCUT2D eigenvalue weighted by molar-refractivity contribution is 0.118. The Morgan fingerprint density at radius 2 is 1.91 bits per heavy atom. The molecule has 0 saturated heterocycles. The minimum Gasteiger partial charge on any atom is -0.477 e. The Morgan fingerprint density at radius 1 is 1.19 bits per heavy atom. The molecule has 0 radical (unpaired) electrons. The number of hydrogen-bond acceptors (Lipinski definition) is 5. The second-order valence-corrected chi connectivity index (χ2v) is 15.0. The van der Waals surface area contributed by atoms with Crippen molar-refractivity contribution < 1.29 is 13.6 Å². The van der Waals surface area contributed by atoms with Crippen LogP contribution in [0.4, 0.5) is 10.2 Å². The number of halogens is 2. The number of ether oxygens (including phenoxy) is 1. The standard InChI is InChI=1S/C24H29ClFN3O2Si/c1-13-16(15-9-14-10-19(27)28-12-17(14)21(25)22(15)26)11-29-23-20(13)18(7-8-30-23)31-32(5,6)24(2,3)4/h9-12,18H,7-8H2,1-6H3,(H2,27,28). The molecule has 0 spiro atoms. The van der Waals surface area contributed by atoms with E-state index in [1.807, 2.05) is 6.92 Å². The first kappa shape index (κ1) is 23.0. The van der Waals surface area contributed by atoms with Gasteiger partial charge in [-0.25, -0.2) is 14.4 Å². The smallest absolute Gasteiger partial charge is 0.219 e. The van der Waals surface area contributed by atoms with Crippen LogP contribution >= 0.6 is 11.6 Å². The van der Waals surface area contributed by atoms with E-state index in [4.69, 9.17) is 26.5 Å². The van der Waals surface area contributed by atoms with Crippen LogP contribution < -0.4 is 10.5 Å². The van der Waals surface area contributed by atoms with Crippen LogP contribution in [0.25, 0.3) is 21.9 Å². The molecule has 1 unspecified atom stereocenters. The van der Waals surface area contributed by atoms with Crippen LogP contribution in [0.15, 0.2) is 24.5 Å². The van der Waals surface area contributed by atoms with Crippen molar-refractivity contribution in [3.05, 3.63) is 46.5 Å². The second kappa shape index (κ2) is 7.97. The summed E-state index contributed by atoms with van der Waals surface area (Å²) in [5.41, 5.74) is 8.65. The molecule has 32 heavy (non-hydrogen) atoms. The highest BCUT2D eigenvalue weighted by Gasteiger charge is 2.41. The van der Waals surface area contributed by atoms with Gasteiger partial charge in [0.25, 0.3) is 0 Å². The molecule has 1 atom stereocenters. The number of nitrogens with zero attached hydrogens (tertiary/aromatic N) is 2. The molecule has 1 aliphatic heterocycles. The van der Waals surface area contributed by atoms with E-state index in [0.29, 0.717) is 34.8 Å². The number of hydrogen-bond donors (Lipinski definition) is 1. The number of rotatable bonds is 3. The molecular formula is C24H29ClFN3O2Si. The van der Waals surface area contributed by atoms with Crippen molar-refractivity contribution in [2.75, 3.05) is 12.3 Å². The molecule has 0 aliphatic carbocycles. The molecule has 0 saturated carbocycles. The fourth-order valence-electron chi connectivity index (χ4n) is 3.86. The maximum absolute atomic E-state index is 15.4. The summed E-state index contributed by atoms with van der Waals surface area (Å²) in [4.78, 5) is 8.57. The molecule has 2 aromatic heterocycles. The Bertz CT molecular complexity index is 1210. The summed E-state index contributed by atoms with van der Waals surface area (Å²) in [5.74, 6) is 0.402. The van der Waals surface area contributed by atoms with E-state index in [2.05, 4.69) is 43.8 Å². The minimum atomic E-state index is -2.04. The monoisotopic (exact) mass is 473 g/mol. The number of nitrogen functional groups attached to an aromatic ring is 1. The molecule has 2 N–H and O–H groups in total. The second-order valence-electron chi connectivity index (χ2n) is 9.90. The molecule has 3 heterocycles. The maximum atomic E-state index is 15.4. The van der Waals surface area contributed by atoms with Gasteiger partial charge in [0.05, 0.1) is 17.7 Å². The Balaban J connectivity index is 1.87. The highest BCUT2D eigenvalue weighted by Crippen LogP contribution is 2.46. The van der Waals surface area contributed by atoms with Crippen molar-refractivity contribution in [3.63, 3.8) is 0 Å². The lowest BCUT2D eigenvalue weighted by Gasteiger charge is -2.41. The van der Waals surface area contributed by atoms with E-state index in [1.54, 1.807) is 18.3 Å². The highest BCUT2D eigenvalue weighted by molar-refractivity contribution is 6.74. The van der Waals surface area contributed by atoms with Crippen molar-refractivity contribution in [1.82, 2.24) is 9.97 Å². The molecule has 4 rings (SSSR count). The zero-order valence-corrected chi connectivity index (χ0v) is 21.1. The summed E-state index contributed by atoms with van der Waals surface area (Å²) >= 11 is 6.38. The number of pyridine rings is 2. The molecule has 1 aliphatic rings.